The molecule has 0 bridgehead atoms. The normalized spacial score (nSPS) is 22.0. The summed E-state index contributed by atoms with van der Waals surface area (Å²) in [6.07, 6.45) is -1.05. The molecule has 10 heteroatoms. The van der Waals surface area contributed by atoms with Gasteiger partial charge >= 0.3 is 0 Å². The molecule has 2 unspecified atom stereocenters. The van der Waals surface area contributed by atoms with Crippen molar-refractivity contribution in [3.63, 3.8) is 0 Å². The van der Waals surface area contributed by atoms with Gasteiger partial charge in [0, 0.05) is 20.9 Å². The Labute approximate surface area is 245 Å². The molecule has 216 valence electrons. The number of benzene rings is 2. The quantitative estimate of drug-likeness (QED) is 0.257. The second-order valence-corrected chi connectivity index (χ2v) is 23.0. The second-order valence-electron chi connectivity index (χ2n) is 12.7. The molecular formula is C30H43N3O4SSi2. The Kier molecular flexibility index (Phi) is 9.50. The Morgan fingerprint density at radius 1 is 1.00 bits per heavy atom. The highest BCUT2D eigenvalue weighted by Gasteiger charge is 2.52. The zero-order valence-electron chi connectivity index (χ0n) is 24.4. The Hall–Kier alpha value is -2.19. The summed E-state index contributed by atoms with van der Waals surface area (Å²) in [5.74, 6) is 0.336. The summed E-state index contributed by atoms with van der Waals surface area (Å²) < 4.78 is 21.9. The van der Waals surface area contributed by atoms with Crippen molar-refractivity contribution in [1.82, 2.24) is 9.55 Å². The zero-order valence-corrected chi connectivity index (χ0v) is 27.2. The van der Waals surface area contributed by atoms with Crippen molar-refractivity contribution >= 4 is 44.8 Å². The third-order valence-corrected chi connectivity index (χ3v) is 14.5. The van der Waals surface area contributed by atoms with E-state index in [1.807, 2.05) is 12.1 Å². The van der Waals surface area contributed by atoms with E-state index in [1.165, 1.54) is 10.4 Å². The molecule has 1 aromatic heterocycles. The lowest BCUT2D eigenvalue weighted by Crippen LogP contribution is -2.67. The standard InChI is InChI=1S/C30H43N3O4SSi2/c1-30(2,3)40(22-13-9-7-10-14-22,23-15-11-8-12-16-23)36-21-24-26(34)27(35-19-20-39(4,5)6)28(37-24)33-18-17-25(31)32-29(33)38/h7-18,24,26-28,34H,19-21H2,1-6H3,(H2,31,32,38)/t24-,26?,27?,28-/m1/s1. The van der Waals surface area contributed by atoms with E-state index >= 15 is 0 Å². The van der Waals surface area contributed by atoms with Crippen molar-refractivity contribution in [2.24, 2.45) is 0 Å². The number of nitrogens with zero attached hydrogens (tertiary/aromatic N) is 2. The number of hydrogen-bond acceptors (Lipinski definition) is 7. The molecule has 4 rings (SSSR count). The van der Waals surface area contributed by atoms with Gasteiger partial charge < -0.3 is 24.7 Å². The van der Waals surface area contributed by atoms with Crippen LogP contribution in [0.15, 0.2) is 72.9 Å². The van der Waals surface area contributed by atoms with Crippen molar-refractivity contribution in [3.05, 3.63) is 77.7 Å². The number of nitrogens with two attached hydrogens (primary N) is 1. The molecule has 1 aliphatic heterocycles. The van der Waals surface area contributed by atoms with Crippen LogP contribution in [0.2, 0.25) is 30.7 Å². The van der Waals surface area contributed by atoms with E-state index in [0.717, 1.165) is 6.04 Å². The number of anilines is 1. The summed E-state index contributed by atoms with van der Waals surface area (Å²) >= 11 is 5.52. The number of aromatic nitrogens is 2. The molecule has 0 amide bonds. The van der Waals surface area contributed by atoms with Crippen LogP contribution in [0.4, 0.5) is 5.82 Å². The maximum atomic E-state index is 11.6. The summed E-state index contributed by atoms with van der Waals surface area (Å²) in [5.41, 5.74) is 5.87. The SMILES string of the molecule is CC(C)(C)[Si](OC[C@H]1O[C@@H](n2ccc(N)nc2=S)C(OCC[Si](C)(C)C)C1O)(c1ccccc1)c1ccccc1. The average Bonchev–Trinajstić information content (AvgIpc) is 3.19. The molecule has 1 aliphatic rings. The van der Waals surface area contributed by atoms with Crippen LogP contribution < -0.4 is 16.1 Å². The van der Waals surface area contributed by atoms with E-state index in [0.29, 0.717) is 12.4 Å². The summed E-state index contributed by atoms with van der Waals surface area (Å²) in [5, 5.41) is 13.7. The highest BCUT2D eigenvalue weighted by Crippen LogP contribution is 2.39. The minimum atomic E-state index is -2.82. The molecule has 0 aliphatic carbocycles. The molecule has 0 spiro atoms. The fourth-order valence-corrected chi connectivity index (χ4v) is 10.9. The lowest BCUT2D eigenvalue weighted by Gasteiger charge is -2.43. The average molecular weight is 598 g/mol. The lowest BCUT2D eigenvalue weighted by atomic mass is 10.1. The van der Waals surface area contributed by atoms with Gasteiger partial charge in [0.2, 0.25) is 4.77 Å². The van der Waals surface area contributed by atoms with Gasteiger partial charge in [0.05, 0.1) is 6.61 Å². The molecule has 7 nitrogen and oxygen atoms in total. The van der Waals surface area contributed by atoms with Gasteiger partial charge in [-0.05, 0) is 39.7 Å². The molecular weight excluding hydrogens is 555 g/mol. The topological polar surface area (TPSA) is 91.8 Å². The first-order valence-electron chi connectivity index (χ1n) is 13.9. The molecule has 3 aromatic rings. The summed E-state index contributed by atoms with van der Waals surface area (Å²) in [4.78, 5) is 4.24. The van der Waals surface area contributed by atoms with E-state index in [-0.39, 0.29) is 16.4 Å². The van der Waals surface area contributed by atoms with Crippen molar-refractivity contribution < 1.29 is 19.0 Å². The Morgan fingerprint density at radius 2 is 1.57 bits per heavy atom. The van der Waals surface area contributed by atoms with Crippen molar-refractivity contribution in [2.45, 2.75) is 76.0 Å². The predicted molar refractivity (Wildman–Crippen MR) is 169 cm³/mol. The molecule has 2 heterocycles. The number of hydrogen-bond donors (Lipinski definition) is 2. The molecule has 40 heavy (non-hydrogen) atoms. The van der Waals surface area contributed by atoms with Gasteiger partial charge in [-0.15, -0.1) is 0 Å². The molecule has 0 saturated carbocycles. The fraction of sp³-hybridized carbons (Fsp3) is 0.467. The summed E-state index contributed by atoms with van der Waals surface area (Å²) in [6.45, 7) is 14.3. The maximum Gasteiger partial charge on any atom is 0.261 e. The van der Waals surface area contributed by atoms with Crippen LogP contribution in [0.5, 0.6) is 0 Å². The largest absolute Gasteiger partial charge is 0.405 e. The van der Waals surface area contributed by atoms with Gasteiger partial charge in [-0.25, -0.2) is 4.98 Å². The summed E-state index contributed by atoms with van der Waals surface area (Å²) in [6, 6.07) is 23.6. The third kappa shape index (κ3) is 6.65. The number of aliphatic hydroxyl groups excluding tert-OH is 1. The zero-order chi connectivity index (χ0) is 29.1. The second kappa shape index (κ2) is 12.4. The minimum absolute atomic E-state index is 0.199. The van der Waals surface area contributed by atoms with E-state index in [9.17, 15) is 5.11 Å². The van der Waals surface area contributed by atoms with Crippen molar-refractivity contribution in [2.75, 3.05) is 18.9 Å². The Balaban J connectivity index is 1.68. The first-order valence-corrected chi connectivity index (χ1v) is 19.9. The van der Waals surface area contributed by atoms with Gasteiger partial charge in [0.15, 0.2) is 6.23 Å². The van der Waals surface area contributed by atoms with Crippen LogP contribution in [0.3, 0.4) is 0 Å². The first-order chi connectivity index (χ1) is 18.8. The molecule has 0 radical (unpaired) electrons. The number of aliphatic hydroxyl groups is 1. The molecule has 4 atom stereocenters. The van der Waals surface area contributed by atoms with E-state index in [1.54, 1.807) is 16.8 Å². The van der Waals surface area contributed by atoms with Gasteiger partial charge in [-0.1, -0.05) is 101 Å². The number of rotatable bonds is 10. The highest BCUT2D eigenvalue weighted by atomic mass is 32.1. The van der Waals surface area contributed by atoms with Crippen LogP contribution in [-0.4, -0.2) is 62.6 Å². The van der Waals surface area contributed by atoms with E-state index in [4.69, 9.17) is 31.9 Å². The van der Waals surface area contributed by atoms with Crippen LogP contribution >= 0.6 is 12.2 Å². The summed E-state index contributed by atoms with van der Waals surface area (Å²) in [7, 11) is -4.17. The van der Waals surface area contributed by atoms with Gasteiger partial charge in [-0.3, -0.25) is 4.57 Å². The maximum absolute atomic E-state index is 11.6. The minimum Gasteiger partial charge on any atom is -0.405 e. The van der Waals surface area contributed by atoms with Gasteiger partial charge in [-0.2, -0.15) is 0 Å². The third-order valence-electron chi connectivity index (χ3n) is 7.48. The molecule has 1 fully saturated rings. The van der Waals surface area contributed by atoms with E-state index < -0.39 is 40.9 Å². The highest BCUT2D eigenvalue weighted by molar-refractivity contribution is 7.71. The smallest absolute Gasteiger partial charge is 0.261 e. The molecule has 3 N–H and O–H groups in total. The van der Waals surface area contributed by atoms with Crippen LogP contribution in [0, 0.1) is 4.77 Å². The van der Waals surface area contributed by atoms with Crippen LogP contribution in [0.25, 0.3) is 0 Å². The van der Waals surface area contributed by atoms with E-state index in [2.05, 4.69) is 93.9 Å². The number of nitrogen functional groups attached to an aromatic ring is 1. The van der Waals surface area contributed by atoms with Crippen LogP contribution in [0.1, 0.15) is 27.0 Å². The Morgan fingerprint density at radius 3 is 2.08 bits per heavy atom. The van der Waals surface area contributed by atoms with Crippen molar-refractivity contribution in [3.8, 4) is 0 Å². The monoisotopic (exact) mass is 597 g/mol. The fourth-order valence-electron chi connectivity index (χ4n) is 5.35. The first kappa shape index (κ1) is 30.8. The van der Waals surface area contributed by atoms with Crippen LogP contribution in [-0.2, 0) is 13.9 Å². The lowest BCUT2D eigenvalue weighted by molar-refractivity contribution is -0.0700. The van der Waals surface area contributed by atoms with Gasteiger partial charge in [0.25, 0.3) is 8.32 Å². The van der Waals surface area contributed by atoms with Crippen molar-refractivity contribution in [1.29, 1.82) is 0 Å². The molecule has 1 saturated heterocycles. The van der Waals surface area contributed by atoms with Gasteiger partial charge in [0.1, 0.15) is 24.1 Å². The number of ether oxygens (including phenoxy) is 2. The predicted octanol–water partition coefficient (Wildman–Crippen LogP) is 4.75. The molecule has 2 aromatic carbocycles. The Bertz CT molecular complexity index is 1270.